The molecule has 0 amide bonds. The van der Waals surface area contributed by atoms with E-state index in [1.54, 1.807) is 0 Å². The van der Waals surface area contributed by atoms with Gasteiger partial charge in [-0.1, -0.05) is 100 Å². The summed E-state index contributed by atoms with van der Waals surface area (Å²) in [6.07, 6.45) is 0. The van der Waals surface area contributed by atoms with Crippen LogP contribution in [0.15, 0.2) is 109 Å². The van der Waals surface area contributed by atoms with Crippen molar-refractivity contribution in [2.45, 2.75) is 39.5 Å². The second kappa shape index (κ2) is 9.87. The average molecular weight is 495 g/mol. The molecule has 0 aliphatic rings. The van der Waals surface area contributed by atoms with Gasteiger partial charge in [0.25, 0.3) is 0 Å². The molecule has 188 valence electrons. The molecule has 2 heteroatoms. The summed E-state index contributed by atoms with van der Waals surface area (Å²) in [5.74, 6) is 1.04. The largest absolute Gasteiger partial charge is 0.355 e. The SMILES string of the molecule is CC(C)c1ccc(Nc2cc3c4ccccc4c(Nc4ccc(C(C)C)cc4)cc3c3ccccc23)cc1. The fourth-order valence-electron chi connectivity index (χ4n) is 5.37. The van der Waals surface area contributed by atoms with Crippen LogP contribution in [-0.2, 0) is 0 Å². The minimum absolute atomic E-state index is 0.521. The molecule has 0 bridgehead atoms. The lowest BCUT2D eigenvalue weighted by molar-refractivity contribution is 0.867. The lowest BCUT2D eigenvalue weighted by Crippen LogP contribution is -1.96. The summed E-state index contributed by atoms with van der Waals surface area (Å²) in [7, 11) is 0. The van der Waals surface area contributed by atoms with E-state index in [1.165, 1.54) is 43.4 Å². The van der Waals surface area contributed by atoms with E-state index >= 15 is 0 Å². The molecule has 2 nitrogen and oxygen atoms in total. The van der Waals surface area contributed by atoms with Crippen molar-refractivity contribution in [3.63, 3.8) is 0 Å². The molecule has 0 aliphatic carbocycles. The Hall–Kier alpha value is -4.30. The molecule has 0 atom stereocenters. The van der Waals surface area contributed by atoms with Gasteiger partial charge < -0.3 is 10.6 Å². The predicted octanol–water partition coefficient (Wildman–Crippen LogP) is 10.9. The highest BCUT2D eigenvalue weighted by molar-refractivity contribution is 6.23. The van der Waals surface area contributed by atoms with Gasteiger partial charge in [-0.05, 0) is 80.9 Å². The molecule has 6 aromatic rings. The highest BCUT2D eigenvalue weighted by Crippen LogP contribution is 2.40. The van der Waals surface area contributed by atoms with Crippen LogP contribution in [0, 0.1) is 0 Å². The molecule has 0 saturated carbocycles. The number of nitrogens with one attached hydrogen (secondary N) is 2. The first-order valence-corrected chi connectivity index (χ1v) is 13.6. The molecular formula is C36H34N2. The number of rotatable bonds is 6. The minimum atomic E-state index is 0.521. The van der Waals surface area contributed by atoms with Crippen LogP contribution in [-0.4, -0.2) is 0 Å². The van der Waals surface area contributed by atoms with Crippen molar-refractivity contribution < 1.29 is 0 Å². The van der Waals surface area contributed by atoms with Crippen LogP contribution in [0.3, 0.4) is 0 Å². The highest BCUT2D eigenvalue weighted by atomic mass is 14.9. The number of anilines is 4. The molecule has 38 heavy (non-hydrogen) atoms. The molecule has 0 unspecified atom stereocenters. The van der Waals surface area contributed by atoms with Crippen LogP contribution in [0.2, 0.25) is 0 Å². The standard InChI is InChI=1S/C36H34N2/c1-23(2)25-13-17-27(18-14-25)37-35-21-33-30-10-6-8-12-32(30)36(22-34(33)29-9-5-7-11-31(29)35)38-28-19-15-26(16-20-28)24(3)4/h5-24,37-38H,1-4H3. The van der Waals surface area contributed by atoms with Crippen LogP contribution < -0.4 is 10.6 Å². The Bertz CT molecular complexity index is 1610. The van der Waals surface area contributed by atoms with Gasteiger partial charge in [0.05, 0.1) is 0 Å². The molecule has 0 radical (unpaired) electrons. The third-order valence-corrected chi connectivity index (χ3v) is 7.60. The summed E-state index contributed by atoms with van der Waals surface area (Å²) >= 11 is 0. The Kier molecular flexibility index (Phi) is 6.25. The zero-order valence-corrected chi connectivity index (χ0v) is 22.5. The van der Waals surface area contributed by atoms with Crippen molar-refractivity contribution >= 4 is 55.1 Å². The van der Waals surface area contributed by atoms with E-state index in [9.17, 15) is 0 Å². The number of benzene rings is 6. The van der Waals surface area contributed by atoms with Gasteiger partial charge in [-0.3, -0.25) is 0 Å². The van der Waals surface area contributed by atoms with E-state index in [4.69, 9.17) is 0 Å². The monoisotopic (exact) mass is 494 g/mol. The molecule has 0 saturated heterocycles. The Morgan fingerprint density at radius 3 is 1.08 bits per heavy atom. The summed E-state index contributed by atoms with van der Waals surface area (Å²) in [5.41, 5.74) is 7.16. The lowest BCUT2D eigenvalue weighted by atomic mass is 9.94. The zero-order chi connectivity index (χ0) is 26.2. The van der Waals surface area contributed by atoms with Gasteiger partial charge >= 0.3 is 0 Å². The number of hydrogen-bond donors (Lipinski definition) is 2. The lowest BCUT2D eigenvalue weighted by Gasteiger charge is -2.18. The quantitative estimate of drug-likeness (QED) is 0.225. The summed E-state index contributed by atoms with van der Waals surface area (Å²) in [4.78, 5) is 0. The van der Waals surface area contributed by atoms with Gasteiger partial charge in [0.2, 0.25) is 0 Å². The van der Waals surface area contributed by atoms with Crippen molar-refractivity contribution in [2.24, 2.45) is 0 Å². The molecule has 2 N–H and O–H groups in total. The highest BCUT2D eigenvalue weighted by Gasteiger charge is 2.13. The Morgan fingerprint density at radius 2 is 0.737 bits per heavy atom. The number of fused-ring (bicyclic) bond motifs is 5. The maximum Gasteiger partial charge on any atom is 0.0470 e. The van der Waals surface area contributed by atoms with Gasteiger partial charge in [0, 0.05) is 33.5 Å². The van der Waals surface area contributed by atoms with E-state index in [0.29, 0.717) is 11.8 Å². The maximum absolute atomic E-state index is 3.72. The number of hydrogen-bond acceptors (Lipinski definition) is 2. The van der Waals surface area contributed by atoms with Crippen LogP contribution in [0.25, 0.3) is 32.3 Å². The Morgan fingerprint density at radius 1 is 0.395 bits per heavy atom. The maximum atomic E-state index is 3.72. The van der Waals surface area contributed by atoms with Crippen molar-refractivity contribution in [2.75, 3.05) is 10.6 Å². The van der Waals surface area contributed by atoms with E-state index in [2.05, 4.69) is 148 Å². The third kappa shape index (κ3) is 4.48. The smallest absolute Gasteiger partial charge is 0.0470 e. The first-order valence-electron chi connectivity index (χ1n) is 13.6. The minimum Gasteiger partial charge on any atom is -0.355 e. The van der Waals surface area contributed by atoms with Gasteiger partial charge in [-0.2, -0.15) is 0 Å². The topological polar surface area (TPSA) is 24.1 Å². The summed E-state index contributed by atoms with van der Waals surface area (Å²) < 4.78 is 0. The van der Waals surface area contributed by atoms with Crippen LogP contribution in [0.5, 0.6) is 0 Å². The molecule has 0 aromatic heterocycles. The van der Waals surface area contributed by atoms with Crippen LogP contribution in [0.1, 0.15) is 50.7 Å². The van der Waals surface area contributed by atoms with Gasteiger partial charge in [-0.25, -0.2) is 0 Å². The second-order valence-electron chi connectivity index (χ2n) is 10.8. The molecule has 6 rings (SSSR count). The van der Waals surface area contributed by atoms with Crippen LogP contribution in [0.4, 0.5) is 22.7 Å². The Balaban J connectivity index is 1.50. The van der Waals surface area contributed by atoms with Crippen molar-refractivity contribution in [1.82, 2.24) is 0 Å². The average Bonchev–Trinajstić information content (AvgIpc) is 2.94. The third-order valence-electron chi connectivity index (χ3n) is 7.60. The van der Waals surface area contributed by atoms with E-state index in [0.717, 1.165) is 22.7 Å². The fraction of sp³-hybridized carbons (Fsp3) is 0.167. The van der Waals surface area contributed by atoms with Crippen molar-refractivity contribution in [1.29, 1.82) is 0 Å². The zero-order valence-electron chi connectivity index (χ0n) is 22.5. The van der Waals surface area contributed by atoms with Gasteiger partial charge in [-0.15, -0.1) is 0 Å². The van der Waals surface area contributed by atoms with E-state index in [-0.39, 0.29) is 0 Å². The predicted molar refractivity (Wildman–Crippen MR) is 167 cm³/mol. The normalized spacial score (nSPS) is 11.6. The molecule has 6 aromatic carbocycles. The molecule has 0 aliphatic heterocycles. The van der Waals surface area contributed by atoms with E-state index in [1.807, 2.05) is 0 Å². The molecule has 0 fully saturated rings. The van der Waals surface area contributed by atoms with E-state index < -0.39 is 0 Å². The van der Waals surface area contributed by atoms with Crippen molar-refractivity contribution in [3.8, 4) is 0 Å². The molecule has 0 heterocycles. The first-order chi connectivity index (χ1) is 18.5. The van der Waals surface area contributed by atoms with Gasteiger partial charge in [0.15, 0.2) is 0 Å². The second-order valence-corrected chi connectivity index (χ2v) is 10.8. The molecule has 0 spiro atoms. The molecular weight excluding hydrogens is 460 g/mol. The summed E-state index contributed by atoms with van der Waals surface area (Å²) in [6, 6.07) is 39.7. The summed E-state index contributed by atoms with van der Waals surface area (Å²) in [6.45, 7) is 8.92. The van der Waals surface area contributed by atoms with Crippen LogP contribution >= 0.6 is 0 Å². The van der Waals surface area contributed by atoms with Gasteiger partial charge in [0.1, 0.15) is 0 Å². The fourth-order valence-corrected chi connectivity index (χ4v) is 5.37. The Labute approximate surface area is 225 Å². The summed E-state index contributed by atoms with van der Waals surface area (Å²) in [5, 5.41) is 14.9. The first kappa shape index (κ1) is 24.1. The van der Waals surface area contributed by atoms with Crippen molar-refractivity contribution in [3.05, 3.63) is 120 Å².